The van der Waals surface area contributed by atoms with Crippen LogP contribution in [0.15, 0.2) is 42.9 Å². The second-order valence-corrected chi connectivity index (χ2v) is 14.1. The molecule has 0 saturated carbocycles. The predicted molar refractivity (Wildman–Crippen MR) is 184 cm³/mol. The molecule has 2 aromatic heterocycles. The van der Waals surface area contributed by atoms with Gasteiger partial charge in [0.15, 0.2) is 5.78 Å². The van der Waals surface area contributed by atoms with E-state index in [1.807, 2.05) is 48.5 Å². The van der Waals surface area contributed by atoms with Crippen molar-refractivity contribution in [1.82, 2.24) is 24.3 Å². The summed E-state index contributed by atoms with van der Waals surface area (Å²) in [5.41, 5.74) is 1.87. The molecular formula is C37H50FN5O5. The fourth-order valence-corrected chi connectivity index (χ4v) is 6.54. The van der Waals surface area contributed by atoms with Crippen molar-refractivity contribution in [2.75, 3.05) is 26.7 Å². The Hall–Kier alpha value is -4.12. The van der Waals surface area contributed by atoms with Crippen LogP contribution in [0, 0.1) is 11.7 Å². The number of nitrogens with zero attached hydrogens (tertiary/aromatic N) is 5. The molecule has 3 amide bonds. The van der Waals surface area contributed by atoms with Gasteiger partial charge in [-0.3, -0.25) is 24.2 Å². The number of pyridine rings is 1. The first-order chi connectivity index (χ1) is 22.7. The first-order valence-electron chi connectivity index (χ1n) is 16.8. The average Bonchev–Trinajstić information content (AvgIpc) is 3.69. The molecule has 5 rings (SSSR count). The molecule has 0 N–H and O–H groups in total. The minimum Gasteiger partial charge on any atom is -0.379 e. The van der Waals surface area contributed by atoms with E-state index in [0.717, 1.165) is 12.8 Å². The number of likely N-dealkylation sites (tertiary alicyclic amines) is 2. The fraction of sp³-hybridized carbons (Fsp3) is 0.541. The van der Waals surface area contributed by atoms with Crippen LogP contribution in [0.5, 0.6) is 0 Å². The summed E-state index contributed by atoms with van der Waals surface area (Å²) in [7, 11) is 1.71. The standard InChI is InChI=1S/C32H38FN5O4.C5H12O/c1-20(2)38(21(3)4)31(41)25-16-23(33)7-8-27(25)37-18-26(24-9-12-34-17-29(24)37)30(40)22-10-14-35(15-11-22)32(42)28-6-5-13-36(28)19-39;1-5(2,3)6-4/h7-9,12,16-22,28H,5-6,10-11,13-15H2,1-4H3;1-4H3. The third kappa shape index (κ3) is 8.11. The molecule has 0 aliphatic carbocycles. The quantitative estimate of drug-likeness (QED) is 0.220. The molecule has 2 fully saturated rings. The molecule has 0 radical (unpaired) electrons. The van der Waals surface area contributed by atoms with E-state index in [9.17, 15) is 23.6 Å². The van der Waals surface area contributed by atoms with Gasteiger partial charge in [-0.1, -0.05) is 0 Å². The van der Waals surface area contributed by atoms with E-state index in [1.54, 1.807) is 57.1 Å². The summed E-state index contributed by atoms with van der Waals surface area (Å²) in [4.78, 5) is 61.4. The van der Waals surface area contributed by atoms with Gasteiger partial charge in [0.2, 0.25) is 12.3 Å². The molecule has 10 nitrogen and oxygen atoms in total. The number of hydrogen-bond donors (Lipinski definition) is 0. The Morgan fingerprint density at radius 3 is 2.23 bits per heavy atom. The van der Waals surface area contributed by atoms with Gasteiger partial charge in [-0.15, -0.1) is 0 Å². The monoisotopic (exact) mass is 663 g/mol. The Balaban J connectivity index is 0.000000794. The van der Waals surface area contributed by atoms with Crippen molar-refractivity contribution < 1.29 is 28.3 Å². The van der Waals surface area contributed by atoms with E-state index in [0.29, 0.717) is 61.1 Å². The number of ether oxygens (including phenoxy) is 1. The van der Waals surface area contributed by atoms with Crippen LogP contribution in [0.2, 0.25) is 0 Å². The largest absolute Gasteiger partial charge is 0.379 e. The Morgan fingerprint density at radius 2 is 1.65 bits per heavy atom. The minimum absolute atomic E-state index is 0.0339. The number of piperidine rings is 1. The smallest absolute Gasteiger partial charge is 0.256 e. The highest BCUT2D eigenvalue weighted by Gasteiger charge is 2.36. The van der Waals surface area contributed by atoms with Crippen LogP contribution in [0.4, 0.5) is 4.39 Å². The Kier molecular flexibility index (Phi) is 11.8. The van der Waals surface area contributed by atoms with Crippen LogP contribution in [-0.4, -0.2) is 98.7 Å². The van der Waals surface area contributed by atoms with Gasteiger partial charge in [0.05, 0.1) is 28.6 Å². The minimum atomic E-state index is -0.518. The number of carbonyl (C=O) groups excluding carboxylic acids is 4. The lowest BCUT2D eigenvalue weighted by molar-refractivity contribution is -0.140. The number of ketones is 1. The number of fused-ring (bicyclic) bond motifs is 1. The third-order valence-corrected chi connectivity index (χ3v) is 9.17. The van der Waals surface area contributed by atoms with Crippen LogP contribution >= 0.6 is 0 Å². The van der Waals surface area contributed by atoms with Crippen molar-refractivity contribution in [3.63, 3.8) is 0 Å². The molecular weight excluding hydrogens is 613 g/mol. The number of benzene rings is 1. The molecule has 1 atom stereocenters. The van der Waals surface area contributed by atoms with Gasteiger partial charge in [0, 0.05) is 68.1 Å². The molecule has 4 heterocycles. The molecule has 2 saturated heterocycles. The van der Waals surface area contributed by atoms with Gasteiger partial charge in [-0.2, -0.15) is 0 Å². The van der Waals surface area contributed by atoms with Gasteiger partial charge in [-0.25, -0.2) is 4.39 Å². The molecule has 48 heavy (non-hydrogen) atoms. The maximum Gasteiger partial charge on any atom is 0.256 e. The predicted octanol–water partition coefficient (Wildman–Crippen LogP) is 5.90. The van der Waals surface area contributed by atoms with Gasteiger partial charge < -0.3 is 24.0 Å². The van der Waals surface area contributed by atoms with Crippen LogP contribution in [0.3, 0.4) is 0 Å². The Labute approximate surface area is 283 Å². The summed E-state index contributed by atoms with van der Waals surface area (Å²) in [6.07, 6.45) is 8.28. The molecule has 1 unspecified atom stereocenters. The summed E-state index contributed by atoms with van der Waals surface area (Å²) in [6, 6.07) is 5.32. The van der Waals surface area contributed by atoms with E-state index < -0.39 is 11.9 Å². The Morgan fingerprint density at radius 1 is 1.00 bits per heavy atom. The number of halogens is 1. The number of hydrogen-bond acceptors (Lipinski definition) is 6. The lowest BCUT2D eigenvalue weighted by Crippen LogP contribution is -2.48. The third-order valence-electron chi connectivity index (χ3n) is 9.17. The molecule has 3 aromatic rings. The zero-order valence-corrected chi connectivity index (χ0v) is 29.5. The number of amides is 3. The first-order valence-corrected chi connectivity index (χ1v) is 16.8. The Bertz CT molecular complexity index is 1610. The van der Waals surface area contributed by atoms with Crippen LogP contribution < -0.4 is 0 Å². The van der Waals surface area contributed by atoms with Crippen molar-refractivity contribution in [3.05, 3.63) is 59.8 Å². The van der Waals surface area contributed by atoms with E-state index in [1.165, 1.54) is 12.1 Å². The SMILES string of the molecule is CC(C)N(C(=O)c1cc(F)ccc1-n1cc(C(=O)C2CCN(C(=O)C3CCCN3C=O)CC2)c2ccncc21)C(C)C.COC(C)(C)C. The zero-order valence-electron chi connectivity index (χ0n) is 29.5. The highest BCUT2D eigenvalue weighted by Crippen LogP contribution is 2.32. The normalized spacial score (nSPS) is 17.1. The summed E-state index contributed by atoms with van der Waals surface area (Å²) in [5.74, 6) is -1.16. The molecule has 0 spiro atoms. The molecule has 2 aliphatic heterocycles. The van der Waals surface area contributed by atoms with Crippen LogP contribution in [0.1, 0.15) is 94.9 Å². The maximum absolute atomic E-state index is 14.5. The average molecular weight is 664 g/mol. The maximum atomic E-state index is 14.5. The zero-order chi connectivity index (χ0) is 35.3. The van der Waals surface area contributed by atoms with Gasteiger partial charge in [0.25, 0.3) is 5.91 Å². The van der Waals surface area contributed by atoms with Crippen molar-refractivity contribution in [2.24, 2.45) is 5.92 Å². The lowest BCUT2D eigenvalue weighted by atomic mass is 9.88. The van der Waals surface area contributed by atoms with Crippen molar-refractivity contribution in [1.29, 1.82) is 0 Å². The van der Waals surface area contributed by atoms with E-state index in [2.05, 4.69) is 4.98 Å². The molecule has 260 valence electrons. The van der Waals surface area contributed by atoms with E-state index in [-0.39, 0.29) is 46.8 Å². The fourth-order valence-electron chi connectivity index (χ4n) is 6.54. The summed E-state index contributed by atoms with van der Waals surface area (Å²) in [5, 5.41) is 0.702. The second-order valence-electron chi connectivity index (χ2n) is 14.1. The molecule has 1 aromatic carbocycles. The highest BCUT2D eigenvalue weighted by molar-refractivity contribution is 6.10. The van der Waals surface area contributed by atoms with Crippen molar-refractivity contribution in [3.8, 4) is 5.69 Å². The van der Waals surface area contributed by atoms with Crippen molar-refractivity contribution >= 4 is 34.9 Å². The molecule has 11 heteroatoms. The summed E-state index contributed by atoms with van der Waals surface area (Å²) < 4.78 is 21.2. The number of rotatable bonds is 8. The van der Waals surface area contributed by atoms with Crippen LogP contribution in [-0.2, 0) is 14.3 Å². The number of methoxy groups -OCH3 is 1. The summed E-state index contributed by atoms with van der Waals surface area (Å²) in [6.45, 7) is 15.3. The van der Waals surface area contributed by atoms with E-state index >= 15 is 0 Å². The van der Waals surface area contributed by atoms with Crippen LogP contribution in [0.25, 0.3) is 16.6 Å². The topological polar surface area (TPSA) is 105 Å². The summed E-state index contributed by atoms with van der Waals surface area (Å²) >= 11 is 0. The van der Waals surface area contributed by atoms with Gasteiger partial charge >= 0.3 is 0 Å². The molecule has 2 aliphatic rings. The first kappa shape index (κ1) is 36.7. The molecule has 0 bridgehead atoms. The lowest BCUT2D eigenvalue weighted by Gasteiger charge is -2.34. The van der Waals surface area contributed by atoms with Gasteiger partial charge in [-0.05, 0) is 98.4 Å². The van der Waals surface area contributed by atoms with Gasteiger partial charge in [0.1, 0.15) is 11.9 Å². The number of carbonyl (C=O) groups is 4. The number of Topliss-reactive ketones (excluding diaryl/α,β-unsaturated/α-hetero) is 1. The highest BCUT2D eigenvalue weighted by atomic mass is 19.1. The van der Waals surface area contributed by atoms with E-state index in [4.69, 9.17) is 4.74 Å². The van der Waals surface area contributed by atoms with Crippen molar-refractivity contribution in [2.45, 2.75) is 97.9 Å². The second kappa shape index (κ2) is 15.4. The number of aromatic nitrogens is 2.